The van der Waals surface area contributed by atoms with Crippen LogP contribution >= 0.6 is 23.2 Å². The molecule has 4 rings (SSSR count). The van der Waals surface area contributed by atoms with Crippen LogP contribution in [0, 0.1) is 28.7 Å². The smallest absolute Gasteiger partial charge is 0.315 e. The Morgan fingerprint density at radius 1 is 0.933 bits per heavy atom. The number of hydrogen-bond donors (Lipinski definition) is 0. The molecule has 0 radical (unpaired) electrons. The van der Waals surface area contributed by atoms with E-state index in [4.69, 9.17) is 37.9 Å². The summed E-state index contributed by atoms with van der Waals surface area (Å²) in [5.74, 6) is 0.962. The van der Waals surface area contributed by atoms with E-state index in [-0.39, 0.29) is 5.92 Å². The molecule has 0 aliphatic carbocycles. The molecule has 3 aromatic carbocycles. The summed E-state index contributed by atoms with van der Waals surface area (Å²) in [6.07, 6.45) is 2.42. The number of benzene rings is 3. The van der Waals surface area contributed by atoms with E-state index in [9.17, 15) is 10.1 Å². The molecule has 0 unspecified atom stereocenters. The van der Waals surface area contributed by atoms with Gasteiger partial charge in [-0.25, -0.2) is 4.98 Å². The lowest BCUT2D eigenvalue weighted by Crippen LogP contribution is -2.23. The molecule has 0 spiro atoms. The van der Waals surface area contributed by atoms with Gasteiger partial charge < -0.3 is 14.4 Å². The molecule has 230 valence electrons. The van der Waals surface area contributed by atoms with Crippen molar-refractivity contribution in [2.75, 3.05) is 7.05 Å². The first kappa shape index (κ1) is 34.6. The van der Waals surface area contributed by atoms with Crippen molar-refractivity contribution in [3.8, 4) is 23.8 Å². The minimum absolute atomic E-state index is 0.00855. The number of rotatable bonds is 9. The number of halogens is 2. The van der Waals surface area contributed by atoms with Gasteiger partial charge in [-0.15, -0.1) is 0 Å². The first-order chi connectivity index (χ1) is 21.6. The van der Waals surface area contributed by atoms with Crippen LogP contribution in [-0.4, -0.2) is 28.7 Å². The zero-order valence-corrected chi connectivity index (χ0v) is 26.9. The molecule has 0 fully saturated rings. The van der Waals surface area contributed by atoms with E-state index < -0.39 is 18.0 Å². The molecule has 10 heteroatoms. The maximum absolute atomic E-state index is 13.0. The number of amidine groups is 1. The van der Waals surface area contributed by atoms with Crippen LogP contribution in [0.2, 0.25) is 10.2 Å². The first-order valence-electron chi connectivity index (χ1n) is 14.0. The average Bonchev–Trinajstić information content (AvgIpc) is 3.03. The largest absolute Gasteiger partial charge is 0.457 e. The van der Waals surface area contributed by atoms with E-state index in [1.165, 1.54) is 0 Å². The van der Waals surface area contributed by atoms with Crippen LogP contribution in [0.15, 0.2) is 102 Å². The number of carbonyl (C=O) groups excluding carboxylic acids is 1. The Morgan fingerprint density at radius 2 is 1.62 bits per heavy atom. The van der Waals surface area contributed by atoms with Crippen molar-refractivity contribution in [3.63, 3.8) is 0 Å². The van der Waals surface area contributed by atoms with Gasteiger partial charge in [-0.2, -0.15) is 15.5 Å². The zero-order valence-electron chi connectivity index (χ0n) is 25.4. The molecule has 0 aliphatic rings. The predicted octanol–water partition coefficient (Wildman–Crippen LogP) is 8.75. The highest BCUT2D eigenvalue weighted by molar-refractivity contribution is 6.30. The fourth-order valence-electron chi connectivity index (χ4n) is 4.23. The van der Waals surface area contributed by atoms with E-state index in [0.29, 0.717) is 39.6 Å². The molecule has 2 atom stereocenters. The molecular weight excluding hydrogens is 609 g/mol. The van der Waals surface area contributed by atoms with Crippen molar-refractivity contribution in [1.29, 1.82) is 10.5 Å². The van der Waals surface area contributed by atoms with Gasteiger partial charge in [-0.1, -0.05) is 85.6 Å². The van der Waals surface area contributed by atoms with Gasteiger partial charge >= 0.3 is 5.97 Å². The number of carbonyl (C=O) groups is 1. The Morgan fingerprint density at radius 3 is 2.22 bits per heavy atom. The van der Waals surface area contributed by atoms with Crippen LogP contribution in [0.5, 0.6) is 11.5 Å². The van der Waals surface area contributed by atoms with Crippen molar-refractivity contribution in [2.45, 2.75) is 39.3 Å². The third kappa shape index (κ3) is 11.0. The highest BCUT2D eigenvalue weighted by atomic mass is 35.5. The number of pyridine rings is 1. The number of aliphatic imine (C=N–C) groups is 1. The molecule has 0 bridgehead atoms. The van der Waals surface area contributed by atoms with Crippen molar-refractivity contribution >= 4 is 35.0 Å². The number of nitriles is 2. The van der Waals surface area contributed by atoms with E-state index in [1.54, 1.807) is 61.8 Å². The monoisotopic (exact) mass is 641 g/mol. The van der Waals surface area contributed by atoms with E-state index in [2.05, 4.69) is 16.0 Å². The molecule has 8 nitrogen and oxygen atoms in total. The lowest BCUT2D eigenvalue weighted by atomic mass is 9.88. The summed E-state index contributed by atoms with van der Waals surface area (Å²) in [5.41, 5.74) is 2.38. The normalized spacial score (nSPS) is 12.1. The second-order valence-corrected chi connectivity index (χ2v) is 11.1. The minimum Gasteiger partial charge on any atom is -0.457 e. The highest BCUT2D eigenvalue weighted by Crippen LogP contribution is 2.31. The number of para-hydroxylation sites is 1. The van der Waals surface area contributed by atoms with Gasteiger partial charge in [0.05, 0.1) is 5.92 Å². The van der Waals surface area contributed by atoms with Crippen LogP contribution in [-0.2, 0) is 16.1 Å². The van der Waals surface area contributed by atoms with Crippen molar-refractivity contribution in [2.24, 2.45) is 10.9 Å². The third-order valence-electron chi connectivity index (χ3n) is 6.61. The van der Waals surface area contributed by atoms with Crippen LogP contribution in [0.25, 0.3) is 0 Å². The Bertz CT molecular complexity index is 1650. The van der Waals surface area contributed by atoms with Gasteiger partial charge in [0, 0.05) is 30.4 Å². The van der Waals surface area contributed by atoms with Gasteiger partial charge in [0.1, 0.15) is 28.6 Å². The van der Waals surface area contributed by atoms with Crippen LogP contribution < -0.4 is 4.74 Å². The van der Waals surface area contributed by atoms with Crippen LogP contribution in [0.4, 0.5) is 0 Å². The van der Waals surface area contributed by atoms with Gasteiger partial charge in [0.15, 0.2) is 0 Å². The molecule has 1 aromatic heterocycles. The summed E-state index contributed by atoms with van der Waals surface area (Å²) >= 11 is 11.6. The third-order valence-corrected chi connectivity index (χ3v) is 7.09. The second-order valence-electron chi connectivity index (χ2n) is 10.3. The Hall–Kier alpha value is -4.89. The molecule has 1 heterocycles. The summed E-state index contributed by atoms with van der Waals surface area (Å²) < 4.78 is 11.4. The number of hydrogen-bond acceptors (Lipinski definition) is 7. The van der Waals surface area contributed by atoms with E-state index >= 15 is 0 Å². The SMILES string of the molecule is C/C(=N\C#N)N(C)Cc1ccc(Cl)nc1.CC(C)[C@H](C(=O)O[C@H](C#N)c1cccc(Oc2ccccc2)c1)c1ccc(Cl)cc1. The first-order valence-corrected chi connectivity index (χ1v) is 14.8. The van der Waals surface area contributed by atoms with Crippen LogP contribution in [0.1, 0.15) is 49.5 Å². The second kappa shape index (κ2) is 17.4. The molecule has 0 aliphatic heterocycles. The van der Waals surface area contributed by atoms with Gasteiger partial charge in [-0.3, -0.25) is 4.79 Å². The van der Waals surface area contributed by atoms with Crippen molar-refractivity contribution in [3.05, 3.63) is 124 Å². The molecular formula is C35H33Cl2N5O3. The highest BCUT2D eigenvalue weighted by Gasteiger charge is 2.29. The summed E-state index contributed by atoms with van der Waals surface area (Å²) in [4.78, 5) is 22.4. The van der Waals surface area contributed by atoms with Gasteiger partial charge in [-0.05, 0) is 66.4 Å². The number of ether oxygens (including phenoxy) is 2. The van der Waals surface area contributed by atoms with Gasteiger partial charge in [0.2, 0.25) is 12.3 Å². The lowest BCUT2D eigenvalue weighted by Gasteiger charge is -2.22. The molecule has 0 saturated carbocycles. The minimum atomic E-state index is -1.04. The fraction of sp³-hybridized carbons (Fsp3) is 0.229. The molecule has 0 saturated heterocycles. The van der Waals surface area contributed by atoms with Gasteiger partial charge in [0.25, 0.3) is 0 Å². The van der Waals surface area contributed by atoms with Crippen molar-refractivity contribution < 1.29 is 14.3 Å². The Labute approximate surface area is 274 Å². The fourth-order valence-corrected chi connectivity index (χ4v) is 4.47. The maximum Gasteiger partial charge on any atom is 0.315 e. The maximum atomic E-state index is 13.0. The number of nitrogens with zero attached hydrogens (tertiary/aromatic N) is 5. The zero-order chi connectivity index (χ0) is 32.8. The van der Waals surface area contributed by atoms with E-state index in [1.807, 2.05) is 74.3 Å². The van der Waals surface area contributed by atoms with E-state index in [0.717, 1.165) is 11.1 Å². The van der Waals surface area contributed by atoms with Crippen LogP contribution in [0.3, 0.4) is 0 Å². The molecule has 0 amide bonds. The number of aromatic nitrogens is 1. The molecule has 0 N–H and O–H groups in total. The summed E-state index contributed by atoms with van der Waals surface area (Å²) in [6, 6.07) is 29.2. The summed E-state index contributed by atoms with van der Waals surface area (Å²) in [5, 5.41) is 19.1. The van der Waals surface area contributed by atoms with Crippen molar-refractivity contribution in [1.82, 2.24) is 9.88 Å². The molecule has 45 heavy (non-hydrogen) atoms. The summed E-state index contributed by atoms with van der Waals surface area (Å²) in [6.45, 7) is 6.32. The predicted molar refractivity (Wildman–Crippen MR) is 176 cm³/mol. The lowest BCUT2D eigenvalue weighted by molar-refractivity contribution is -0.150. The average molecular weight is 643 g/mol. The topological polar surface area (TPSA) is 112 Å². The Kier molecular flexibility index (Phi) is 13.4. The number of esters is 1. The standard InChI is InChI=1S/C25H22ClNO3.C10H11ClN4/c1-17(2)24(18-11-13-20(26)14-12-18)25(28)30-23(16-27)19-7-6-10-22(15-19)29-21-8-4-3-5-9-21;1-8(14-7-12)15(2)6-9-3-4-10(11)13-5-9/h3-15,17,23-24H,1-2H3;3-5H,6H2,1-2H3/b;14-8+/t23-,24+;/m1./s1. The Balaban J connectivity index is 0.000000309. The summed E-state index contributed by atoms with van der Waals surface area (Å²) in [7, 11) is 1.87. The molecule has 4 aromatic rings. The quantitative estimate of drug-likeness (QED) is 0.0590.